The molecule has 1 fully saturated rings. The molecule has 1 aliphatic rings. The number of nitrogens with one attached hydrogen (secondary N) is 2. The molecule has 0 aliphatic carbocycles. The van der Waals surface area contributed by atoms with Crippen LogP contribution in [-0.4, -0.2) is 91.2 Å². The second-order valence-corrected chi connectivity index (χ2v) is 9.70. The molecule has 0 aromatic heterocycles. The van der Waals surface area contributed by atoms with Gasteiger partial charge in [0.2, 0.25) is 12.2 Å². The predicted octanol–water partition coefficient (Wildman–Crippen LogP) is 0.611. The Bertz CT molecular complexity index is 1440. The molecule has 0 unspecified atom stereocenters. The molecule has 16 nitrogen and oxygen atoms in total. The van der Waals surface area contributed by atoms with Crippen molar-refractivity contribution >= 4 is 34.8 Å². The highest BCUT2D eigenvalue weighted by atomic mass is 19.4. The van der Waals surface area contributed by atoms with Crippen molar-refractivity contribution in [1.82, 2.24) is 0 Å². The van der Waals surface area contributed by atoms with Crippen molar-refractivity contribution in [3.63, 3.8) is 0 Å². The molecule has 3 rings (SSSR count). The van der Waals surface area contributed by atoms with Crippen molar-refractivity contribution in [2.75, 3.05) is 17.2 Å². The number of amides is 2. The molecule has 0 saturated carbocycles. The van der Waals surface area contributed by atoms with Crippen LogP contribution in [0.5, 0.6) is 11.5 Å². The van der Waals surface area contributed by atoms with E-state index in [0.29, 0.717) is 12.1 Å². The Hall–Kier alpha value is -4.56. The summed E-state index contributed by atoms with van der Waals surface area (Å²) >= 11 is 0. The topological polar surface area (TPSA) is 247 Å². The largest absolute Gasteiger partial charge is 0.486 e. The molecule has 7 N–H and O–H groups in total. The van der Waals surface area contributed by atoms with Gasteiger partial charge >= 0.3 is 12.1 Å². The number of aliphatic hydroxyl groups excluding tert-OH is 3. The molecule has 1 heterocycles. The molecule has 0 radical (unpaired) electrons. The van der Waals surface area contributed by atoms with E-state index in [4.69, 9.17) is 14.2 Å². The molecular formula is C25H26F3N3O13. The summed E-state index contributed by atoms with van der Waals surface area (Å²) in [5.41, 5.74) is -5.82. The van der Waals surface area contributed by atoms with Crippen molar-refractivity contribution in [3.8, 4) is 11.5 Å². The number of carbonyl (C=O) groups is 3. The minimum Gasteiger partial charge on any atom is -0.486 e. The number of nitrogens with zero attached hydrogens (tertiary/aromatic N) is 1. The number of alkyl halides is 3. The molecule has 2 aromatic carbocycles. The Morgan fingerprint density at radius 2 is 1.61 bits per heavy atom. The summed E-state index contributed by atoms with van der Waals surface area (Å²) in [6, 6.07) is 5.21. The van der Waals surface area contributed by atoms with Crippen LogP contribution in [0, 0.1) is 10.1 Å². The SMILES string of the molecule is CC(=O)Nc1ccc(OC[C@](C)(O)C(=O)Nc2ccc([N+](=O)[O-])c(C(F)(F)F)c2)c(O[C@@H]2O[C@H](C(=O)O)[C@@H](O)[C@H](O)[C@H]2O)c1. The quantitative estimate of drug-likeness (QED) is 0.140. The summed E-state index contributed by atoms with van der Waals surface area (Å²) < 4.78 is 55.9. The van der Waals surface area contributed by atoms with Gasteiger partial charge in [0.05, 0.1) is 4.92 Å². The number of nitro groups is 1. The first-order valence-electron chi connectivity index (χ1n) is 12.3. The highest BCUT2D eigenvalue weighted by molar-refractivity contribution is 5.97. The molecule has 0 spiro atoms. The fourth-order valence-electron chi connectivity index (χ4n) is 3.82. The van der Waals surface area contributed by atoms with E-state index < -0.39 is 88.7 Å². The van der Waals surface area contributed by atoms with Crippen LogP contribution in [0.4, 0.5) is 30.2 Å². The van der Waals surface area contributed by atoms with Crippen molar-refractivity contribution in [2.24, 2.45) is 0 Å². The third kappa shape index (κ3) is 7.88. The summed E-state index contributed by atoms with van der Waals surface area (Å²) in [6.07, 6.45) is -15.1. The fraction of sp³-hybridized carbons (Fsp3) is 0.400. The van der Waals surface area contributed by atoms with Crippen molar-refractivity contribution in [1.29, 1.82) is 0 Å². The number of ether oxygens (including phenoxy) is 3. The van der Waals surface area contributed by atoms with Gasteiger partial charge in [-0.3, -0.25) is 19.7 Å². The maximum absolute atomic E-state index is 13.3. The molecule has 2 aromatic rings. The zero-order valence-corrected chi connectivity index (χ0v) is 22.6. The third-order valence-corrected chi connectivity index (χ3v) is 6.07. The van der Waals surface area contributed by atoms with Gasteiger partial charge in [-0.25, -0.2) is 4.79 Å². The average molecular weight is 633 g/mol. The molecule has 19 heteroatoms. The van der Waals surface area contributed by atoms with E-state index in [1.54, 1.807) is 0 Å². The Morgan fingerprint density at radius 3 is 2.18 bits per heavy atom. The monoisotopic (exact) mass is 633 g/mol. The average Bonchev–Trinajstić information content (AvgIpc) is 2.91. The first kappa shape index (κ1) is 33.9. The van der Waals surface area contributed by atoms with Crippen LogP contribution in [0.25, 0.3) is 0 Å². The lowest BCUT2D eigenvalue weighted by molar-refractivity contribution is -0.388. The smallest absolute Gasteiger partial charge is 0.423 e. The van der Waals surface area contributed by atoms with E-state index >= 15 is 0 Å². The molecule has 1 saturated heterocycles. The number of carboxylic acids is 1. The number of rotatable bonds is 10. The summed E-state index contributed by atoms with van der Waals surface area (Å²) in [7, 11) is 0. The highest BCUT2D eigenvalue weighted by Gasteiger charge is 2.48. The van der Waals surface area contributed by atoms with Crippen LogP contribution in [0.2, 0.25) is 0 Å². The molecule has 240 valence electrons. The predicted molar refractivity (Wildman–Crippen MR) is 139 cm³/mol. The molecule has 44 heavy (non-hydrogen) atoms. The van der Waals surface area contributed by atoms with Gasteiger partial charge in [0, 0.05) is 30.4 Å². The number of hydrogen-bond donors (Lipinski definition) is 7. The number of carbonyl (C=O) groups excluding carboxylic acids is 2. The van der Waals surface area contributed by atoms with Crippen molar-refractivity contribution in [2.45, 2.75) is 56.3 Å². The van der Waals surface area contributed by atoms with E-state index in [1.165, 1.54) is 13.0 Å². The van der Waals surface area contributed by atoms with Gasteiger partial charge in [-0.2, -0.15) is 13.2 Å². The number of benzene rings is 2. The van der Waals surface area contributed by atoms with Gasteiger partial charge in [0.1, 0.15) is 30.5 Å². The van der Waals surface area contributed by atoms with E-state index in [9.17, 15) is 63.2 Å². The number of aliphatic carboxylic acids is 1. The summed E-state index contributed by atoms with van der Waals surface area (Å²) in [5, 5.41) is 65.6. The first-order chi connectivity index (χ1) is 20.3. The maximum atomic E-state index is 13.3. The van der Waals surface area contributed by atoms with Crippen LogP contribution in [-0.2, 0) is 25.3 Å². The summed E-state index contributed by atoms with van der Waals surface area (Å²) in [6.45, 7) is 1.20. The molecule has 0 bridgehead atoms. The fourth-order valence-corrected chi connectivity index (χ4v) is 3.82. The number of hydrogen-bond acceptors (Lipinski definition) is 12. The van der Waals surface area contributed by atoms with E-state index in [1.807, 2.05) is 5.32 Å². The first-order valence-corrected chi connectivity index (χ1v) is 12.3. The standard InChI is InChI=1S/C25H26F3N3O13/c1-10(32)29-12-4-6-15(16(8-12)43-22-19(35)17(33)18(34)20(44-22)21(36)37)42-9-24(2,39)23(38)30-11-3-5-14(31(40)41)13(7-11)25(26,27)28/h3-8,17-20,22,33-35,39H,9H2,1-2H3,(H,29,32)(H,30,38)(H,36,37)/t17-,18-,19+,20-,22+,24-/m0/s1. The van der Waals surface area contributed by atoms with Gasteiger partial charge in [-0.1, -0.05) is 0 Å². The van der Waals surface area contributed by atoms with Gasteiger partial charge < -0.3 is 50.4 Å². The van der Waals surface area contributed by atoms with Crippen LogP contribution in [0.1, 0.15) is 19.4 Å². The van der Waals surface area contributed by atoms with E-state index in [0.717, 1.165) is 25.1 Å². The zero-order valence-electron chi connectivity index (χ0n) is 22.6. The number of halogens is 3. The summed E-state index contributed by atoms with van der Waals surface area (Å²) in [5.74, 6) is -4.19. The van der Waals surface area contributed by atoms with Gasteiger partial charge in [0.15, 0.2) is 23.2 Å². The lowest BCUT2D eigenvalue weighted by Gasteiger charge is -2.38. The van der Waals surface area contributed by atoms with Gasteiger partial charge in [-0.15, -0.1) is 0 Å². The normalized spacial score (nSPS) is 23.2. The Labute approximate surface area is 244 Å². The summed E-state index contributed by atoms with van der Waals surface area (Å²) in [4.78, 5) is 45.4. The van der Waals surface area contributed by atoms with Crippen molar-refractivity contribution in [3.05, 3.63) is 52.1 Å². The van der Waals surface area contributed by atoms with Crippen LogP contribution >= 0.6 is 0 Å². The minimum atomic E-state index is -5.14. The van der Waals surface area contributed by atoms with Crippen LogP contribution < -0.4 is 20.1 Å². The van der Waals surface area contributed by atoms with E-state index in [-0.39, 0.29) is 17.2 Å². The van der Waals surface area contributed by atoms with Crippen LogP contribution in [0.3, 0.4) is 0 Å². The Morgan fingerprint density at radius 1 is 1.00 bits per heavy atom. The van der Waals surface area contributed by atoms with Gasteiger partial charge in [-0.05, 0) is 31.2 Å². The number of carboxylic acid groups (broad SMARTS) is 1. The number of aliphatic hydroxyl groups is 4. The maximum Gasteiger partial charge on any atom is 0.423 e. The highest BCUT2D eigenvalue weighted by Crippen LogP contribution is 2.38. The second kappa shape index (κ2) is 13.0. The van der Waals surface area contributed by atoms with Gasteiger partial charge in [0.25, 0.3) is 11.6 Å². The molecular weight excluding hydrogens is 607 g/mol. The lowest BCUT2D eigenvalue weighted by atomic mass is 9.99. The lowest BCUT2D eigenvalue weighted by Crippen LogP contribution is -2.61. The molecule has 1 aliphatic heterocycles. The Kier molecular flexibility index (Phi) is 10.0. The molecule has 2 amide bonds. The van der Waals surface area contributed by atoms with Crippen LogP contribution in [0.15, 0.2) is 36.4 Å². The number of nitro benzene ring substituents is 1. The zero-order chi connectivity index (χ0) is 33.1. The second-order valence-electron chi connectivity index (χ2n) is 9.70. The number of anilines is 2. The van der Waals surface area contributed by atoms with Crippen molar-refractivity contribution < 1.29 is 72.2 Å². The Balaban J connectivity index is 1.83. The third-order valence-electron chi connectivity index (χ3n) is 6.07. The minimum absolute atomic E-state index is 0.0867. The molecule has 6 atom stereocenters. The van der Waals surface area contributed by atoms with E-state index in [2.05, 4.69) is 5.32 Å².